The van der Waals surface area contributed by atoms with Crippen LogP contribution in [0.1, 0.15) is 13.8 Å². The highest BCUT2D eigenvalue weighted by molar-refractivity contribution is 5.46. The van der Waals surface area contributed by atoms with Crippen LogP contribution < -0.4 is 16.6 Å². The molecule has 5 nitrogen and oxygen atoms in total. The van der Waals surface area contributed by atoms with Gasteiger partial charge in [-0.1, -0.05) is 13.8 Å². The number of nitrogen functional groups attached to an aromatic ring is 1. The number of anilines is 2. The molecule has 0 amide bonds. The Morgan fingerprint density at radius 2 is 2.06 bits per heavy atom. The monoisotopic (exact) mass is 223 g/mol. The molecule has 0 unspecified atom stereocenters. The molecule has 0 fully saturated rings. The summed E-state index contributed by atoms with van der Waals surface area (Å²) < 4.78 is 0. The lowest BCUT2D eigenvalue weighted by atomic mass is 10.4. The van der Waals surface area contributed by atoms with Crippen LogP contribution in [-0.2, 0) is 0 Å². The van der Waals surface area contributed by atoms with Gasteiger partial charge in [0.05, 0.1) is 11.9 Å². The van der Waals surface area contributed by atoms with Crippen LogP contribution in [-0.4, -0.2) is 36.1 Å². The van der Waals surface area contributed by atoms with Gasteiger partial charge in [0.1, 0.15) is 5.82 Å². The molecule has 1 aromatic heterocycles. The summed E-state index contributed by atoms with van der Waals surface area (Å²) in [5.74, 6) is 6.14. The van der Waals surface area contributed by atoms with Crippen molar-refractivity contribution in [2.75, 3.05) is 36.9 Å². The second-order valence-corrected chi connectivity index (χ2v) is 3.53. The molecule has 0 spiro atoms. The predicted molar refractivity (Wildman–Crippen MR) is 68.3 cm³/mol. The molecular weight excluding hydrogens is 202 g/mol. The molecule has 0 aliphatic carbocycles. The minimum Gasteiger partial charge on any atom is -0.369 e. The van der Waals surface area contributed by atoms with E-state index >= 15 is 0 Å². The van der Waals surface area contributed by atoms with Gasteiger partial charge < -0.3 is 15.6 Å². The molecule has 0 saturated heterocycles. The number of likely N-dealkylation sites (N-methyl/N-ethyl adjacent to an activating group) is 1. The second-order valence-electron chi connectivity index (χ2n) is 3.53. The largest absolute Gasteiger partial charge is 0.369 e. The molecule has 0 bridgehead atoms. The van der Waals surface area contributed by atoms with Crippen LogP contribution in [0.25, 0.3) is 0 Å². The van der Waals surface area contributed by atoms with Crippen molar-refractivity contribution in [2.24, 2.45) is 5.84 Å². The zero-order valence-corrected chi connectivity index (χ0v) is 10.0. The van der Waals surface area contributed by atoms with Gasteiger partial charge in [-0.2, -0.15) is 0 Å². The third-order valence-electron chi connectivity index (χ3n) is 2.56. The summed E-state index contributed by atoms with van der Waals surface area (Å²) in [5.41, 5.74) is 3.36. The zero-order valence-electron chi connectivity index (χ0n) is 10.0. The van der Waals surface area contributed by atoms with Crippen LogP contribution in [0.3, 0.4) is 0 Å². The fraction of sp³-hybridized carbons (Fsp3) is 0.545. The number of aromatic nitrogens is 1. The number of rotatable bonds is 7. The Hall–Kier alpha value is -1.33. The third-order valence-corrected chi connectivity index (χ3v) is 2.56. The van der Waals surface area contributed by atoms with Gasteiger partial charge in [0, 0.05) is 13.1 Å². The fourth-order valence-electron chi connectivity index (χ4n) is 1.47. The van der Waals surface area contributed by atoms with E-state index in [0.29, 0.717) is 0 Å². The van der Waals surface area contributed by atoms with E-state index in [1.54, 1.807) is 6.20 Å². The summed E-state index contributed by atoms with van der Waals surface area (Å²) in [6.45, 7) is 8.45. The lowest BCUT2D eigenvalue weighted by Gasteiger charge is -2.18. The number of nitrogens with two attached hydrogens (primary N) is 1. The van der Waals surface area contributed by atoms with Crippen LogP contribution in [0.2, 0.25) is 0 Å². The average molecular weight is 223 g/mol. The molecule has 0 radical (unpaired) electrons. The van der Waals surface area contributed by atoms with E-state index in [-0.39, 0.29) is 0 Å². The number of pyridine rings is 1. The van der Waals surface area contributed by atoms with Gasteiger partial charge in [0.15, 0.2) is 0 Å². The molecule has 0 aromatic carbocycles. The minimum atomic E-state index is 0.814. The summed E-state index contributed by atoms with van der Waals surface area (Å²) in [4.78, 5) is 6.59. The zero-order chi connectivity index (χ0) is 11.8. The van der Waals surface area contributed by atoms with E-state index in [1.807, 2.05) is 12.1 Å². The topological polar surface area (TPSA) is 66.2 Å². The van der Waals surface area contributed by atoms with E-state index < -0.39 is 0 Å². The van der Waals surface area contributed by atoms with Crippen LogP contribution >= 0.6 is 0 Å². The minimum absolute atomic E-state index is 0.814. The van der Waals surface area contributed by atoms with E-state index in [9.17, 15) is 0 Å². The first-order chi connectivity index (χ1) is 7.80. The van der Waals surface area contributed by atoms with Crippen molar-refractivity contribution in [3.05, 3.63) is 18.3 Å². The van der Waals surface area contributed by atoms with Gasteiger partial charge in [-0.05, 0) is 25.2 Å². The summed E-state index contributed by atoms with van der Waals surface area (Å²) in [6, 6.07) is 3.81. The molecule has 1 heterocycles. The van der Waals surface area contributed by atoms with Gasteiger partial charge >= 0.3 is 0 Å². The van der Waals surface area contributed by atoms with Gasteiger partial charge in [0.2, 0.25) is 0 Å². The Balaban J connectivity index is 2.31. The molecule has 4 N–H and O–H groups in total. The van der Waals surface area contributed by atoms with Gasteiger partial charge in [-0.3, -0.25) is 5.84 Å². The molecule has 0 atom stereocenters. The maximum Gasteiger partial charge on any atom is 0.126 e. The Labute approximate surface area is 97.0 Å². The Morgan fingerprint density at radius 3 is 2.56 bits per heavy atom. The average Bonchev–Trinajstić information content (AvgIpc) is 2.35. The van der Waals surface area contributed by atoms with Crippen molar-refractivity contribution in [1.82, 2.24) is 9.88 Å². The molecule has 1 rings (SSSR count). The highest BCUT2D eigenvalue weighted by atomic mass is 15.2. The molecule has 0 saturated carbocycles. The van der Waals surface area contributed by atoms with E-state index in [4.69, 9.17) is 5.84 Å². The SMILES string of the molecule is CCN(CC)CCNc1ccc(NN)cn1. The Bertz CT molecular complexity index is 281. The van der Waals surface area contributed by atoms with Crippen molar-refractivity contribution in [3.8, 4) is 0 Å². The summed E-state index contributed by atoms with van der Waals surface area (Å²) >= 11 is 0. The standard InChI is InChI=1S/C11H21N5/c1-3-16(4-2)8-7-13-11-6-5-10(15-12)9-14-11/h5-6,9,15H,3-4,7-8,12H2,1-2H3,(H,13,14). The van der Waals surface area contributed by atoms with Crippen LogP contribution in [0, 0.1) is 0 Å². The molecule has 0 aliphatic rings. The lowest BCUT2D eigenvalue weighted by molar-refractivity contribution is 0.316. The second kappa shape index (κ2) is 7.03. The smallest absolute Gasteiger partial charge is 0.126 e. The highest BCUT2D eigenvalue weighted by Crippen LogP contribution is 2.07. The van der Waals surface area contributed by atoms with Crippen molar-refractivity contribution in [3.63, 3.8) is 0 Å². The maximum atomic E-state index is 5.26. The van der Waals surface area contributed by atoms with E-state index in [0.717, 1.165) is 37.7 Å². The molecule has 16 heavy (non-hydrogen) atoms. The summed E-state index contributed by atoms with van der Waals surface area (Å²) in [6.07, 6.45) is 1.71. The van der Waals surface area contributed by atoms with Crippen LogP contribution in [0.4, 0.5) is 11.5 Å². The van der Waals surface area contributed by atoms with E-state index in [1.165, 1.54) is 0 Å². The van der Waals surface area contributed by atoms with Crippen molar-refractivity contribution < 1.29 is 0 Å². The summed E-state index contributed by atoms with van der Waals surface area (Å²) in [5, 5.41) is 3.27. The first-order valence-electron chi connectivity index (χ1n) is 5.69. The van der Waals surface area contributed by atoms with Crippen molar-refractivity contribution >= 4 is 11.5 Å². The maximum absolute atomic E-state index is 5.26. The van der Waals surface area contributed by atoms with Gasteiger partial charge in [-0.25, -0.2) is 4.98 Å². The number of hydrogen-bond donors (Lipinski definition) is 3. The quantitative estimate of drug-likeness (QED) is 0.477. The number of nitrogens with one attached hydrogen (secondary N) is 2. The van der Waals surface area contributed by atoms with Crippen molar-refractivity contribution in [2.45, 2.75) is 13.8 Å². The third kappa shape index (κ3) is 4.04. The number of hydrogen-bond acceptors (Lipinski definition) is 5. The molecule has 0 aliphatic heterocycles. The fourth-order valence-corrected chi connectivity index (χ4v) is 1.47. The molecular formula is C11H21N5. The highest BCUT2D eigenvalue weighted by Gasteiger charge is 1.98. The Morgan fingerprint density at radius 1 is 1.31 bits per heavy atom. The van der Waals surface area contributed by atoms with Gasteiger partial charge in [-0.15, -0.1) is 0 Å². The van der Waals surface area contributed by atoms with Crippen LogP contribution in [0.15, 0.2) is 18.3 Å². The first kappa shape index (κ1) is 12.7. The normalized spacial score (nSPS) is 10.5. The molecule has 1 aromatic rings. The molecule has 90 valence electrons. The molecule has 5 heteroatoms. The Kier molecular flexibility index (Phi) is 5.60. The number of hydrazine groups is 1. The number of nitrogens with zero attached hydrogens (tertiary/aromatic N) is 2. The van der Waals surface area contributed by atoms with Crippen molar-refractivity contribution in [1.29, 1.82) is 0 Å². The van der Waals surface area contributed by atoms with E-state index in [2.05, 4.69) is 34.5 Å². The van der Waals surface area contributed by atoms with Gasteiger partial charge in [0.25, 0.3) is 0 Å². The summed E-state index contributed by atoms with van der Waals surface area (Å²) in [7, 11) is 0. The first-order valence-corrected chi connectivity index (χ1v) is 5.69. The predicted octanol–water partition coefficient (Wildman–Crippen LogP) is 1.12. The lowest BCUT2D eigenvalue weighted by Crippen LogP contribution is -2.28. The van der Waals surface area contributed by atoms with Crippen LogP contribution in [0.5, 0.6) is 0 Å².